The topological polar surface area (TPSA) is 85.4 Å². The predicted octanol–water partition coefficient (Wildman–Crippen LogP) is 3.25. The lowest BCUT2D eigenvalue weighted by atomic mass is 10.3. The van der Waals surface area contributed by atoms with Crippen LogP contribution < -0.4 is 20.1 Å². The maximum atomic E-state index is 12.0. The first-order valence-electron chi connectivity index (χ1n) is 7.96. The fourth-order valence-electron chi connectivity index (χ4n) is 2.20. The SMILES string of the molecule is COc1ccccc1OCC(=O)Nc1ccc(Nc2ccccc2)nn1. The molecule has 1 amide bonds. The summed E-state index contributed by atoms with van der Waals surface area (Å²) in [7, 11) is 1.54. The molecule has 3 aromatic rings. The van der Waals surface area contributed by atoms with Gasteiger partial charge >= 0.3 is 0 Å². The molecule has 0 fully saturated rings. The minimum Gasteiger partial charge on any atom is -0.493 e. The number of rotatable bonds is 7. The molecule has 0 saturated carbocycles. The van der Waals surface area contributed by atoms with Crippen LogP contribution in [-0.4, -0.2) is 29.8 Å². The summed E-state index contributed by atoms with van der Waals surface area (Å²) in [5.41, 5.74) is 0.906. The van der Waals surface area contributed by atoms with E-state index in [1.54, 1.807) is 37.4 Å². The normalized spacial score (nSPS) is 10.0. The van der Waals surface area contributed by atoms with Crippen molar-refractivity contribution < 1.29 is 14.3 Å². The van der Waals surface area contributed by atoms with Gasteiger partial charge in [-0.2, -0.15) is 0 Å². The van der Waals surface area contributed by atoms with Crippen LogP contribution in [0.4, 0.5) is 17.3 Å². The summed E-state index contributed by atoms with van der Waals surface area (Å²) in [6.45, 7) is -0.161. The van der Waals surface area contributed by atoms with Crippen molar-refractivity contribution >= 4 is 23.2 Å². The number of ether oxygens (including phenoxy) is 2. The molecular formula is C19H18N4O3. The second kappa shape index (κ2) is 8.48. The first-order chi connectivity index (χ1) is 12.7. The van der Waals surface area contributed by atoms with E-state index in [0.29, 0.717) is 23.1 Å². The van der Waals surface area contributed by atoms with Crippen molar-refractivity contribution in [2.75, 3.05) is 24.4 Å². The van der Waals surface area contributed by atoms with E-state index in [1.807, 2.05) is 36.4 Å². The number of anilines is 3. The summed E-state index contributed by atoms with van der Waals surface area (Å²) in [4.78, 5) is 12.0. The van der Waals surface area contributed by atoms with Crippen molar-refractivity contribution in [3.05, 3.63) is 66.7 Å². The molecule has 0 aliphatic rings. The zero-order valence-electron chi connectivity index (χ0n) is 14.2. The molecule has 0 unspecified atom stereocenters. The molecule has 2 N–H and O–H groups in total. The zero-order valence-corrected chi connectivity index (χ0v) is 14.2. The van der Waals surface area contributed by atoms with E-state index < -0.39 is 0 Å². The molecule has 0 bridgehead atoms. The van der Waals surface area contributed by atoms with Gasteiger partial charge in [-0.1, -0.05) is 30.3 Å². The molecule has 7 heteroatoms. The quantitative estimate of drug-likeness (QED) is 0.680. The van der Waals surface area contributed by atoms with Gasteiger partial charge in [-0.25, -0.2) is 0 Å². The van der Waals surface area contributed by atoms with Crippen LogP contribution in [0, 0.1) is 0 Å². The van der Waals surface area contributed by atoms with Crippen LogP contribution >= 0.6 is 0 Å². The Morgan fingerprint density at radius 2 is 1.54 bits per heavy atom. The fraction of sp³-hybridized carbons (Fsp3) is 0.105. The third-order valence-corrected chi connectivity index (χ3v) is 3.41. The van der Waals surface area contributed by atoms with Crippen LogP contribution in [0.25, 0.3) is 0 Å². The Labute approximate surface area is 151 Å². The van der Waals surface area contributed by atoms with Gasteiger partial charge in [-0.05, 0) is 36.4 Å². The van der Waals surface area contributed by atoms with Gasteiger partial charge in [0.2, 0.25) is 0 Å². The van der Waals surface area contributed by atoms with Crippen molar-refractivity contribution in [1.82, 2.24) is 10.2 Å². The summed E-state index contributed by atoms with van der Waals surface area (Å²) in [5, 5.41) is 13.8. The summed E-state index contributed by atoms with van der Waals surface area (Å²) in [5.74, 6) is 1.65. The van der Waals surface area contributed by atoms with Crippen LogP contribution in [0.15, 0.2) is 66.7 Å². The summed E-state index contributed by atoms with van der Waals surface area (Å²) < 4.78 is 10.6. The van der Waals surface area contributed by atoms with E-state index in [4.69, 9.17) is 9.47 Å². The minimum atomic E-state index is -0.339. The van der Waals surface area contributed by atoms with Gasteiger partial charge in [0, 0.05) is 5.69 Å². The molecule has 7 nitrogen and oxygen atoms in total. The van der Waals surface area contributed by atoms with Crippen molar-refractivity contribution in [2.45, 2.75) is 0 Å². The Balaban J connectivity index is 1.53. The molecule has 0 saturated heterocycles. The number of carbonyl (C=O) groups excluding carboxylic acids is 1. The number of nitrogens with zero attached hydrogens (tertiary/aromatic N) is 2. The number of hydrogen-bond acceptors (Lipinski definition) is 6. The number of amides is 1. The van der Waals surface area contributed by atoms with Crippen molar-refractivity contribution in [1.29, 1.82) is 0 Å². The third kappa shape index (κ3) is 4.70. The van der Waals surface area contributed by atoms with E-state index >= 15 is 0 Å². The predicted molar refractivity (Wildman–Crippen MR) is 98.9 cm³/mol. The van der Waals surface area contributed by atoms with E-state index in [0.717, 1.165) is 5.69 Å². The molecule has 132 valence electrons. The molecule has 0 radical (unpaired) electrons. The maximum Gasteiger partial charge on any atom is 0.263 e. The number of para-hydroxylation sites is 3. The lowest BCUT2D eigenvalue weighted by Gasteiger charge is -2.10. The molecule has 2 aromatic carbocycles. The fourth-order valence-corrected chi connectivity index (χ4v) is 2.20. The van der Waals surface area contributed by atoms with Crippen molar-refractivity contribution in [3.63, 3.8) is 0 Å². The lowest BCUT2D eigenvalue weighted by molar-refractivity contribution is -0.118. The smallest absolute Gasteiger partial charge is 0.263 e. The summed E-state index contributed by atoms with van der Waals surface area (Å²) in [6, 6.07) is 20.1. The highest BCUT2D eigenvalue weighted by Crippen LogP contribution is 2.25. The van der Waals surface area contributed by atoms with Gasteiger partial charge < -0.3 is 20.1 Å². The summed E-state index contributed by atoms with van der Waals surface area (Å²) >= 11 is 0. The molecule has 0 spiro atoms. The molecule has 1 heterocycles. The van der Waals surface area contributed by atoms with Gasteiger partial charge in [0.1, 0.15) is 0 Å². The average molecular weight is 350 g/mol. The Kier molecular flexibility index (Phi) is 5.61. The highest BCUT2D eigenvalue weighted by atomic mass is 16.5. The Bertz CT molecular complexity index is 854. The van der Waals surface area contributed by atoms with Gasteiger partial charge in [-0.15, -0.1) is 10.2 Å². The number of aromatic nitrogens is 2. The van der Waals surface area contributed by atoms with Crippen molar-refractivity contribution in [2.24, 2.45) is 0 Å². The standard InChI is InChI=1S/C19H18N4O3/c1-25-15-9-5-6-10-16(15)26-13-19(24)21-18-12-11-17(22-23-18)20-14-7-3-2-4-8-14/h2-12H,13H2,1H3,(H,20,22)(H,21,23,24). The third-order valence-electron chi connectivity index (χ3n) is 3.41. The Morgan fingerprint density at radius 1 is 0.885 bits per heavy atom. The monoisotopic (exact) mass is 350 g/mol. The second-order valence-corrected chi connectivity index (χ2v) is 5.28. The first-order valence-corrected chi connectivity index (χ1v) is 7.96. The largest absolute Gasteiger partial charge is 0.493 e. The molecule has 0 aliphatic heterocycles. The van der Waals surface area contributed by atoms with Crippen LogP contribution in [0.1, 0.15) is 0 Å². The van der Waals surface area contributed by atoms with Crippen LogP contribution in [0.5, 0.6) is 11.5 Å². The van der Waals surface area contributed by atoms with E-state index in [-0.39, 0.29) is 12.5 Å². The van der Waals surface area contributed by atoms with Gasteiger partial charge in [-0.3, -0.25) is 4.79 Å². The lowest BCUT2D eigenvalue weighted by Crippen LogP contribution is -2.21. The van der Waals surface area contributed by atoms with E-state index in [2.05, 4.69) is 20.8 Å². The Morgan fingerprint density at radius 3 is 2.23 bits per heavy atom. The summed E-state index contributed by atoms with van der Waals surface area (Å²) in [6.07, 6.45) is 0. The maximum absolute atomic E-state index is 12.0. The number of methoxy groups -OCH3 is 1. The highest BCUT2D eigenvalue weighted by Gasteiger charge is 2.08. The molecule has 1 aromatic heterocycles. The molecule has 0 aliphatic carbocycles. The van der Waals surface area contributed by atoms with Gasteiger partial charge in [0.25, 0.3) is 5.91 Å². The Hall–Kier alpha value is -3.61. The number of nitrogens with one attached hydrogen (secondary N) is 2. The molecule has 26 heavy (non-hydrogen) atoms. The van der Waals surface area contributed by atoms with Crippen molar-refractivity contribution in [3.8, 4) is 11.5 Å². The number of benzene rings is 2. The van der Waals surface area contributed by atoms with Crippen LogP contribution in [0.2, 0.25) is 0 Å². The number of hydrogen-bond donors (Lipinski definition) is 2. The second-order valence-electron chi connectivity index (χ2n) is 5.28. The first kappa shape index (κ1) is 17.2. The number of carbonyl (C=O) groups is 1. The van der Waals surface area contributed by atoms with Gasteiger partial charge in [0.05, 0.1) is 7.11 Å². The van der Waals surface area contributed by atoms with Gasteiger partial charge in [0.15, 0.2) is 29.7 Å². The highest BCUT2D eigenvalue weighted by molar-refractivity contribution is 5.91. The minimum absolute atomic E-state index is 0.161. The molecule has 3 rings (SSSR count). The molecular weight excluding hydrogens is 332 g/mol. The zero-order chi connectivity index (χ0) is 18.2. The van der Waals surface area contributed by atoms with Crippen LogP contribution in [0.3, 0.4) is 0 Å². The average Bonchev–Trinajstić information content (AvgIpc) is 2.69. The van der Waals surface area contributed by atoms with E-state index in [9.17, 15) is 4.79 Å². The van der Waals surface area contributed by atoms with E-state index in [1.165, 1.54) is 0 Å². The molecule has 0 atom stereocenters. The van der Waals surface area contributed by atoms with Crippen LogP contribution in [-0.2, 0) is 4.79 Å².